The molecule has 10 heteroatoms. The van der Waals surface area contributed by atoms with Gasteiger partial charge in [0.2, 0.25) is 0 Å². The molecule has 0 heterocycles. The fraction of sp³-hybridized carbons (Fsp3) is 0.138. The van der Waals surface area contributed by atoms with Gasteiger partial charge < -0.3 is 0 Å². The average molecular weight is 585 g/mol. The summed E-state index contributed by atoms with van der Waals surface area (Å²) in [5, 5.41) is 0.356. The van der Waals surface area contributed by atoms with Crippen LogP contribution in [0.4, 0.5) is 0 Å². The molecule has 4 rings (SSSR count). The van der Waals surface area contributed by atoms with E-state index in [0.29, 0.717) is 5.02 Å². The minimum Gasteiger partial charge on any atom is -0.291 e. The predicted molar refractivity (Wildman–Crippen MR) is 148 cm³/mol. The number of ketones is 1. The van der Waals surface area contributed by atoms with Gasteiger partial charge in [0.1, 0.15) is 6.10 Å². The molecule has 0 aromatic heterocycles. The highest BCUT2D eigenvalue weighted by Gasteiger charge is 2.40. The first kappa shape index (κ1) is 28.7. The van der Waals surface area contributed by atoms with Crippen LogP contribution in [0.1, 0.15) is 33.2 Å². The lowest BCUT2D eigenvalue weighted by Gasteiger charge is -2.26. The van der Waals surface area contributed by atoms with E-state index in [1.165, 1.54) is 60.7 Å². The number of Topliss-reactive ketones (excluding diaryl/α,β-unsaturated/α-hetero) is 1. The molecule has 39 heavy (non-hydrogen) atoms. The van der Waals surface area contributed by atoms with Crippen molar-refractivity contribution in [3.05, 3.63) is 130 Å². The fourth-order valence-electron chi connectivity index (χ4n) is 3.73. The van der Waals surface area contributed by atoms with Gasteiger partial charge in [0.15, 0.2) is 11.9 Å². The van der Waals surface area contributed by atoms with Gasteiger partial charge in [0.05, 0.1) is 9.79 Å². The van der Waals surface area contributed by atoms with Crippen LogP contribution in [0.25, 0.3) is 0 Å². The molecule has 0 fully saturated rings. The number of carbonyl (C=O) groups is 1. The van der Waals surface area contributed by atoms with Crippen molar-refractivity contribution in [3.63, 3.8) is 0 Å². The summed E-state index contributed by atoms with van der Waals surface area (Å²) in [7, 11) is -9.00. The van der Waals surface area contributed by atoms with Gasteiger partial charge >= 0.3 is 0 Å². The Morgan fingerprint density at radius 3 is 1.59 bits per heavy atom. The van der Waals surface area contributed by atoms with Crippen molar-refractivity contribution in [2.75, 3.05) is 0 Å². The van der Waals surface area contributed by atoms with Gasteiger partial charge in [-0.15, -0.1) is 0 Å². The molecule has 2 unspecified atom stereocenters. The molecule has 0 saturated heterocycles. The molecule has 2 atom stereocenters. The number of benzene rings is 4. The monoisotopic (exact) mass is 584 g/mol. The zero-order valence-electron chi connectivity index (χ0n) is 21.0. The molecule has 0 radical (unpaired) electrons. The highest BCUT2D eigenvalue weighted by molar-refractivity contribution is 7.87. The van der Waals surface area contributed by atoms with Gasteiger partial charge in [-0.1, -0.05) is 77.3 Å². The number of hydrogen-bond donors (Lipinski definition) is 0. The molecule has 0 bridgehead atoms. The van der Waals surface area contributed by atoms with Gasteiger partial charge in [0.25, 0.3) is 20.2 Å². The third-order valence-electron chi connectivity index (χ3n) is 5.87. The van der Waals surface area contributed by atoms with Crippen LogP contribution in [0, 0.1) is 13.8 Å². The minimum absolute atomic E-state index is 0.0563. The molecule has 4 aromatic rings. The Kier molecular flexibility index (Phi) is 8.68. The van der Waals surface area contributed by atoms with Gasteiger partial charge in [-0.2, -0.15) is 16.8 Å². The maximum Gasteiger partial charge on any atom is 0.297 e. The first-order chi connectivity index (χ1) is 18.5. The van der Waals surface area contributed by atoms with E-state index in [1.54, 1.807) is 56.3 Å². The summed E-state index contributed by atoms with van der Waals surface area (Å²) in [6, 6.07) is 25.5. The maximum atomic E-state index is 13.8. The summed E-state index contributed by atoms with van der Waals surface area (Å²) in [6.07, 6.45) is -3.55. The third kappa shape index (κ3) is 7.00. The van der Waals surface area contributed by atoms with Crippen LogP contribution < -0.4 is 0 Å². The van der Waals surface area contributed by atoms with Crippen molar-refractivity contribution in [1.82, 2.24) is 0 Å². The van der Waals surface area contributed by atoms with Crippen molar-refractivity contribution in [2.45, 2.75) is 35.8 Å². The number of hydrogen-bond acceptors (Lipinski definition) is 7. The van der Waals surface area contributed by atoms with E-state index in [9.17, 15) is 21.6 Å². The van der Waals surface area contributed by atoms with Crippen LogP contribution in [-0.4, -0.2) is 28.7 Å². The molecule has 0 spiro atoms. The van der Waals surface area contributed by atoms with Crippen LogP contribution in [0.3, 0.4) is 0 Å². The zero-order chi connectivity index (χ0) is 28.2. The minimum atomic E-state index is -4.54. The average Bonchev–Trinajstić information content (AvgIpc) is 2.92. The lowest BCUT2D eigenvalue weighted by Crippen LogP contribution is -2.36. The first-order valence-electron chi connectivity index (χ1n) is 11.8. The van der Waals surface area contributed by atoms with E-state index in [4.69, 9.17) is 20.0 Å². The van der Waals surface area contributed by atoms with Gasteiger partial charge in [0, 0.05) is 10.6 Å². The van der Waals surface area contributed by atoms with Crippen LogP contribution in [0.5, 0.6) is 0 Å². The number of carbonyl (C=O) groups excluding carboxylic acids is 1. The summed E-state index contributed by atoms with van der Waals surface area (Å²) < 4.78 is 64.6. The number of aryl methyl sites for hydroxylation is 2. The second-order valence-corrected chi connectivity index (χ2v) is 12.4. The maximum absolute atomic E-state index is 13.8. The van der Waals surface area contributed by atoms with E-state index < -0.39 is 38.2 Å². The second kappa shape index (κ2) is 11.8. The van der Waals surface area contributed by atoms with Crippen LogP contribution >= 0.6 is 11.6 Å². The molecular weight excluding hydrogens is 560 g/mol. The summed E-state index contributed by atoms with van der Waals surface area (Å²) in [5.74, 6) is -0.810. The van der Waals surface area contributed by atoms with Crippen molar-refractivity contribution in [3.8, 4) is 0 Å². The van der Waals surface area contributed by atoms with E-state index in [0.717, 1.165) is 11.1 Å². The van der Waals surface area contributed by atoms with Crippen LogP contribution in [-0.2, 0) is 28.6 Å². The first-order valence-corrected chi connectivity index (χ1v) is 15.0. The van der Waals surface area contributed by atoms with E-state index in [-0.39, 0.29) is 20.9 Å². The Morgan fingerprint density at radius 1 is 0.641 bits per heavy atom. The van der Waals surface area contributed by atoms with Gasteiger partial charge in [-0.3, -0.25) is 13.2 Å². The normalized spacial score (nSPS) is 13.5. The smallest absolute Gasteiger partial charge is 0.291 e. The predicted octanol–water partition coefficient (Wildman–Crippen LogP) is 6.06. The molecule has 202 valence electrons. The molecular formula is C29H25ClO7S2. The Balaban J connectivity index is 1.84. The SMILES string of the molecule is Cc1ccc(S(=O)(=O)OC(C(=O)c2ccc(Cl)cc2)C(OS(=O)(=O)c2ccc(C)cc2)c2ccccc2)cc1. The summed E-state index contributed by atoms with van der Waals surface area (Å²) >= 11 is 5.98. The zero-order valence-corrected chi connectivity index (χ0v) is 23.4. The van der Waals surface area contributed by atoms with Crippen molar-refractivity contribution in [2.24, 2.45) is 0 Å². The molecule has 0 amide bonds. The fourth-order valence-corrected chi connectivity index (χ4v) is 5.96. The van der Waals surface area contributed by atoms with E-state index >= 15 is 0 Å². The number of halogens is 1. The third-order valence-corrected chi connectivity index (χ3v) is 8.74. The Bertz CT molecular complexity index is 1650. The van der Waals surface area contributed by atoms with E-state index in [1.807, 2.05) is 0 Å². The summed E-state index contributed by atoms with van der Waals surface area (Å²) in [4.78, 5) is 13.4. The Morgan fingerprint density at radius 2 is 1.10 bits per heavy atom. The summed E-state index contributed by atoms with van der Waals surface area (Å²) in [5.41, 5.74) is 1.93. The molecule has 0 aliphatic heterocycles. The molecule has 0 aliphatic carbocycles. The van der Waals surface area contributed by atoms with Crippen molar-refractivity contribution in [1.29, 1.82) is 0 Å². The highest BCUT2D eigenvalue weighted by atomic mass is 35.5. The standard InChI is InChI=1S/C29H25ClO7S2/c1-20-8-16-25(17-9-20)38(32,33)36-28(23-6-4-3-5-7-23)29(27(31)22-12-14-24(30)15-13-22)37-39(34,35)26-18-10-21(2)11-19-26/h3-19,28-29H,1-2H3. The lowest BCUT2D eigenvalue weighted by molar-refractivity contribution is 0.0460. The topological polar surface area (TPSA) is 104 Å². The van der Waals surface area contributed by atoms with Crippen LogP contribution in [0.2, 0.25) is 5.02 Å². The molecule has 4 aromatic carbocycles. The summed E-state index contributed by atoms with van der Waals surface area (Å²) in [6.45, 7) is 3.59. The van der Waals surface area contributed by atoms with Crippen LogP contribution in [0.15, 0.2) is 113 Å². The van der Waals surface area contributed by atoms with E-state index in [2.05, 4.69) is 0 Å². The highest BCUT2D eigenvalue weighted by Crippen LogP contribution is 2.33. The second-order valence-electron chi connectivity index (χ2n) is 8.85. The van der Waals surface area contributed by atoms with Crippen molar-refractivity contribution < 1.29 is 30.0 Å². The van der Waals surface area contributed by atoms with Gasteiger partial charge in [-0.25, -0.2) is 0 Å². The lowest BCUT2D eigenvalue weighted by atomic mass is 9.97. The van der Waals surface area contributed by atoms with Crippen molar-refractivity contribution >= 4 is 37.6 Å². The van der Waals surface area contributed by atoms with Gasteiger partial charge in [-0.05, 0) is 67.9 Å². The molecule has 0 N–H and O–H groups in total. The Labute approximate surface area is 233 Å². The molecule has 0 aliphatic rings. The quantitative estimate of drug-likeness (QED) is 0.165. The Hall–Kier alpha value is -3.34. The molecule has 0 saturated carbocycles. The largest absolute Gasteiger partial charge is 0.297 e. The number of rotatable bonds is 10. The molecule has 7 nitrogen and oxygen atoms in total.